The number of aliphatic carboxylic acids is 2. The van der Waals surface area contributed by atoms with E-state index in [1.54, 1.807) is 97.1 Å². The van der Waals surface area contributed by atoms with E-state index in [9.17, 15) is 24.0 Å². The predicted octanol–water partition coefficient (Wildman–Crippen LogP) is 4.80. The third-order valence-electron chi connectivity index (χ3n) is 6.32. The van der Waals surface area contributed by atoms with Crippen LogP contribution in [0.5, 0.6) is 0 Å². The van der Waals surface area contributed by atoms with Gasteiger partial charge in [0.1, 0.15) is 5.78 Å². The average molecular weight is 565 g/mol. The molecule has 0 aliphatic heterocycles. The molecule has 0 radical (unpaired) electrons. The second kappa shape index (κ2) is 13.7. The normalized spacial score (nSPS) is 10.5. The molecule has 0 spiro atoms. The molecular weight excluding hydrogens is 536 g/mol. The highest BCUT2D eigenvalue weighted by Crippen LogP contribution is 2.16. The Morgan fingerprint density at radius 1 is 0.476 bits per heavy atom. The van der Waals surface area contributed by atoms with Gasteiger partial charge < -0.3 is 20.8 Å². The lowest BCUT2D eigenvalue weighted by Gasteiger charge is -2.08. The Morgan fingerprint density at radius 3 is 1.21 bits per heavy atom. The number of nitrogens with one attached hydrogen (secondary N) is 2. The van der Waals surface area contributed by atoms with E-state index in [0.29, 0.717) is 33.6 Å². The molecule has 0 unspecified atom stereocenters. The second-order valence-electron chi connectivity index (χ2n) is 9.74. The topological polar surface area (TPSA) is 150 Å². The highest BCUT2D eigenvalue weighted by molar-refractivity contribution is 6.05. The molecule has 9 nitrogen and oxygen atoms in total. The number of carbonyl (C=O) groups excluding carboxylic acids is 3. The molecule has 4 aromatic carbocycles. The van der Waals surface area contributed by atoms with Crippen LogP contribution >= 0.6 is 0 Å². The van der Waals surface area contributed by atoms with E-state index < -0.39 is 11.9 Å². The van der Waals surface area contributed by atoms with Crippen molar-refractivity contribution in [3.05, 3.63) is 130 Å². The van der Waals surface area contributed by atoms with E-state index in [1.807, 2.05) is 0 Å². The molecule has 2 amide bonds. The van der Waals surface area contributed by atoms with Crippen molar-refractivity contribution < 1.29 is 34.2 Å². The van der Waals surface area contributed by atoms with Gasteiger partial charge in [0.2, 0.25) is 0 Å². The average Bonchev–Trinajstić information content (AvgIpc) is 2.93. The van der Waals surface area contributed by atoms with Crippen molar-refractivity contribution in [3.8, 4) is 0 Å². The fourth-order valence-corrected chi connectivity index (χ4v) is 4.34. The summed E-state index contributed by atoms with van der Waals surface area (Å²) >= 11 is 0. The minimum atomic E-state index is -0.956. The zero-order valence-electron chi connectivity index (χ0n) is 22.5. The van der Waals surface area contributed by atoms with E-state index in [2.05, 4.69) is 10.6 Å². The van der Waals surface area contributed by atoms with Gasteiger partial charge in [-0.05, 0) is 70.8 Å². The third kappa shape index (κ3) is 8.72. The van der Waals surface area contributed by atoms with Crippen LogP contribution in [0.1, 0.15) is 43.0 Å². The Bertz CT molecular complexity index is 1510. The monoisotopic (exact) mass is 564 g/mol. The summed E-state index contributed by atoms with van der Waals surface area (Å²) < 4.78 is 0. The smallest absolute Gasteiger partial charge is 0.307 e. The summed E-state index contributed by atoms with van der Waals surface area (Å²) in [4.78, 5) is 59.7. The van der Waals surface area contributed by atoms with Gasteiger partial charge >= 0.3 is 11.9 Å². The molecule has 0 heterocycles. The highest BCUT2D eigenvalue weighted by atomic mass is 16.4. The largest absolute Gasteiger partial charge is 0.481 e. The molecule has 4 rings (SSSR count). The van der Waals surface area contributed by atoms with Gasteiger partial charge in [0.05, 0.1) is 12.8 Å². The van der Waals surface area contributed by atoms with Crippen LogP contribution in [0.3, 0.4) is 0 Å². The number of hydrogen-bond acceptors (Lipinski definition) is 5. The van der Waals surface area contributed by atoms with Crippen LogP contribution in [0.15, 0.2) is 97.1 Å². The fourth-order valence-electron chi connectivity index (χ4n) is 4.34. The van der Waals surface area contributed by atoms with Crippen LogP contribution in [0, 0.1) is 0 Å². The molecular formula is C33H28N2O7. The van der Waals surface area contributed by atoms with Gasteiger partial charge in [0.15, 0.2) is 0 Å². The molecule has 212 valence electrons. The molecule has 0 aliphatic rings. The summed E-state index contributed by atoms with van der Waals surface area (Å²) in [5, 5.41) is 23.4. The molecule has 0 aliphatic carbocycles. The number of hydrogen-bond donors (Lipinski definition) is 4. The number of benzene rings is 4. The maximum atomic E-state index is 12.7. The molecule has 9 heteroatoms. The lowest BCUT2D eigenvalue weighted by Crippen LogP contribution is -2.13. The Morgan fingerprint density at radius 2 is 0.857 bits per heavy atom. The van der Waals surface area contributed by atoms with Crippen LogP contribution in [0.25, 0.3) is 0 Å². The number of Topliss-reactive ketones (excluding diaryl/α,β-unsaturated/α-hetero) is 1. The first kappa shape index (κ1) is 29.4. The van der Waals surface area contributed by atoms with Gasteiger partial charge in [-0.1, -0.05) is 48.5 Å². The van der Waals surface area contributed by atoms with Crippen LogP contribution in [-0.2, 0) is 40.1 Å². The Labute approximate surface area is 241 Å². The molecule has 0 bridgehead atoms. The number of carbonyl (C=O) groups is 5. The zero-order chi connectivity index (χ0) is 30.1. The fraction of sp³-hybridized carbons (Fsp3) is 0.121. The summed E-state index contributed by atoms with van der Waals surface area (Å²) in [6.07, 6.45) is 0.0685. The number of anilines is 2. The standard InChI is InChI=1S/C33H28N2O7/c36-29(17-21-7-11-25(12-8-21)32(41)34-27-5-1-3-23(15-27)19-30(37)38)18-22-9-13-26(14-10-22)33(42)35-28-6-2-4-24(16-28)20-31(39)40/h1-16H,17-20H2,(H,34,41)(H,35,42)(H,37,38)(H,39,40). The number of carboxylic acids is 2. The molecule has 4 aromatic rings. The summed E-state index contributed by atoms with van der Waals surface area (Å²) in [7, 11) is 0. The van der Waals surface area contributed by atoms with E-state index in [-0.39, 0.29) is 43.3 Å². The van der Waals surface area contributed by atoms with Crippen molar-refractivity contribution in [2.24, 2.45) is 0 Å². The van der Waals surface area contributed by atoms with Gasteiger partial charge in [-0.2, -0.15) is 0 Å². The summed E-state index contributed by atoms with van der Waals surface area (Å²) in [5.74, 6) is -2.64. The first-order valence-corrected chi connectivity index (χ1v) is 13.1. The minimum absolute atomic E-state index is 0.0325. The van der Waals surface area contributed by atoms with Gasteiger partial charge in [-0.15, -0.1) is 0 Å². The summed E-state index contributed by atoms with van der Waals surface area (Å²) in [6, 6.07) is 26.7. The minimum Gasteiger partial charge on any atom is -0.481 e. The van der Waals surface area contributed by atoms with E-state index in [0.717, 1.165) is 11.1 Å². The first-order chi connectivity index (χ1) is 20.1. The van der Waals surface area contributed by atoms with Crippen LogP contribution in [-0.4, -0.2) is 39.7 Å². The number of carboxylic acid groups (broad SMARTS) is 2. The van der Waals surface area contributed by atoms with Gasteiger partial charge in [-0.25, -0.2) is 0 Å². The molecule has 42 heavy (non-hydrogen) atoms. The maximum Gasteiger partial charge on any atom is 0.307 e. The van der Waals surface area contributed by atoms with Crippen molar-refractivity contribution in [3.63, 3.8) is 0 Å². The van der Waals surface area contributed by atoms with E-state index in [4.69, 9.17) is 10.2 Å². The Balaban J connectivity index is 1.28. The lowest BCUT2D eigenvalue weighted by molar-refractivity contribution is -0.137. The van der Waals surface area contributed by atoms with Crippen molar-refractivity contribution in [2.75, 3.05) is 10.6 Å². The lowest BCUT2D eigenvalue weighted by atomic mass is 10.0. The van der Waals surface area contributed by atoms with Crippen molar-refractivity contribution in [1.82, 2.24) is 0 Å². The second-order valence-corrected chi connectivity index (χ2v) is 9.74. The summed E-state index contributed by atoms with van der Waals surface area (Å²) in [5.41, 5.74) is 4.44. The quantitative estimate of drug-likeness (QED) is 0.193. The van der Waals surface area contributed by atoms with Gasteiger partial charge in [0, 0.05) is 35.3 Å². The number of rotatable bonds is 12. The van der Waals surface area contributed by atoms with Crippen molar-refractivity contribution >= 4 is 40.9 Å². The number of amides is 2. The first-order valence-electron chi connectivity index (χ1n) is 13.1. The SMILES string of the molecule is O=C(O)Cc1cccc(NC(=O)c2ccc(CC(=O)Cc3ccc(C(=O)Nc4cccc(CC(=O)O)c4)cc3)cc2)c1. The van der Waals surface area contributed by atoms with Crippen LogP contribution in [0.4, 0.5) is 11.4 Å². The third-order valence-corrected chi connectivity index (χ3v) is 6.32. The zero-order valence-corrected chi connectivity index (χ0v) is 22.5. The predicted molar refractivity (Wildman–Crippen MR) is 157 cm³/mol. The summed E-state index contributed by atoms with van der Waals surface area (Å²) in [6.45, 7) is 0. The van der Waals surface area contributed by atoms with Gasteiger partial charge in [0.25, 0.3) is 11.8 Å². The molecule has 0 fully saturated rings. The molecule has 4 N–H and O–H groups in total. The molecule has 0 aromatic heterocycles. The number of ketones is 1. The van der Waals surface area contributed by atoms with Crippen LogP contribution in [0.2, 0.25) is 0 Å². The Kier molecular flexibility index (Phi) is 9.57. The molecule has 0 atom stereocenters. The van der Waals surface area contributed by atoms with Crippen molar-refractivity contribution in [1.29, 1.82) is 0 Å². The molecule has 0 saturated heterocycles. The highest BCUT2D eigenvalue weighted by Gasteiger charge is 2.12. The van der Waals surface area contributed by atoms with Crippen molar-refractivity contribution in [2.45, 2.75) is 25.7 Å². The van der Waals surface area contributed by atoms with E-state index >= 15 is 0 Å². The van der Waals surface area contributed by atoms with E-state index in [1.165, 1.54) is 0 Å². The van der Waals surface area contributed by atoms with Crippen LogP contribution < -0.4 is 10.6 Å². The maximum absolute atomic E-state index is 12.7. The molecule has 0 saturated carbocycles. The van der Waals surface area contributed by atoms with Gasteiger partial charge in [-0.3, -0.25) is 24.0 Å². The Hall–Kier alpha value is -5.57.